The van der Waals surface area contributed by atoms with Crippen LogP contribution in [0.15, 0.2) is 48.5 Å². The molecule has 0 aliphatic heterocycles. The number of carbonyl (C=O) groups excluding carboxylic acids is 2. The lowest BCUT2D eigenvalue weighted by atomic mass is 10.1. The van der Waals surface area contributed by atoms with Gasteiger partial charge in [-0.25, -0.2) is 0 Å². The SMILES string of the molecule is CC[C@H](C(=O)N[C@@H](C)CC)N(Cc1ccc(C)cc1)C(=O)Cc1ccc(Cl)cc1. The van der Waals surface area contributed by atoms with Crippen LogP contribution in [0.3, 0.4) is 0 Å². The van der Waals surface area contributed by atoms with Gasteiger partial charge in [0.1, 0.15) is 6.04 Å². The van der Waals surface area contributed by atoms with Crippen molar-refractivity contribution in [3.63, 3.8) is 0 Å². The Kier molecular flexibility index (Phi) is 8.71. The molecule has 2 aromatic carbocycles. The van der Waals surface area contributed by atoms with Gasteiger partial charge in [-0.05, 0) is 49.9 Å². The largest absolute Gasteiger partial charge is 0.352 e. The first-order chi connectivity index (χ1) is 13.8. The highest BCUT2D eigenvalue weighted by Crippen LogP contribution is 2.17. The second-order valence-corrected chi connectivity index (χ2v) is 7.99. The van der Waals surface area contributed by atoms with E-state index in [-0.39, 0.29) is 24.3 Å². The molecule has 0 bridgehead atoms. The Balaban J connectivity index is 2.26. The smallest absolute Gasteiger partial charge is 0.243 e. The van der Waals surface area contributed by atoms with Gasteiger partial charge in [0.05, 0.1) is 6.42 Å². The third-order valence-corrected chi connectivity index (χ3v) is 5.38. The molecule has 0 fully saturated rings. The zero-order valence-corrected chi connectivity index (χ0v) is 18.5. The maximum absolute atomic E-state index is 13.2. The van der Waals surface area contributed by atoms with Crippen LogP contribution in [-0.2, 0) is 22.6 Å². The Morgan fingerprint density at radius 1 is 0.966 bits per heavy atom. The zero-order valence-electron chi connectivity index (χ0n) is 17.7. The highest BCUT2D eigenvalue weighted by molar-refractivity contribution is 6.30. The number of benzene rings is 2. The summed E-state index contributed by atoms with van der Waals surface area (Å²) in [6.45, 7) is 8.38. The van der Waals surface area contributed by atoms with Crippen molar-refractivity contribution >= 4 is 23.4 Å². The molecule has 0 aliphatic carbocycles. The highest BCUT2D eigenvalue weighted by atomic mass is 35.5. The first-order valence-electron chi connectivity index (χ1n) is 10.2. The van der Waals surface area contributed by atoms with E-state index in [0.29, 0.717) is 18.0 Å². The van der Waals surface area contributed by atoms with Crippen LogP contribution in [-0.4, -0.2) is 28.8 Å². The summed E-state index contributed by atoms with van der Waals surface area (Å²) in [5, 5.41) is 3.67. The minimum absolute atomic E-state index is 0.0703. The summed E-state index contributed by atoms with van der Waals surface area (Å²) >= 11 is 5.96. The number of nitrogens with one attached hydrogen (secondary N) is 1. The standard InChI is InChI=1S/C24H31ClN2O2/c1-5-18(4)26-24(29)22(6-2)27(16-20-9-7-17(3)8-10-20)23(28)15-19-11-13-21(25)14-12-19/h7-14,18,22H,5-6,15-16H2,1-4H3,(H,26,29)/t18-,22+/m0/s1. The van der Waals surface area contributed by atoms with Gasteiger partial charge in [0.25, 0.3) is 0 Å². The predicted molar refractivity (Wildman–Crippen MR) is 119 cm³/mol. The van der Waals surface area contributed by atoms with E-state index < -0.39 is 6.04 Å². The van der Waals surface area contributed by atoms with E-state index in [9.17, 15) is 9.59 Å². The van der Waals surface area contributed by atoms with Crippen LogP contribution >= 0.6 is 11.6 Å². The van der Waals surface area contributed by atoms with Gasteiger partial charge in [-0.2, -0.15) is 0 Å². The summed E-state index contributed by atoms with van der Waals surface area (Å²) < 4.78 is 0. The Morgan fingerprint density at radius 2 is 1.55 bits per heavy atom. The van der Waals surface area contributed by atoms with E-state index in [2.05, 4.69) is 5.32 Å². The molecule has 0 aliphatic rings. The first kappa shape index (κ1) is 23.0. The van der Waals surface area contributed by atoms with Crippen molar-refractivity contribution in [1.82, 2.24) is 10.2 Å². The number of aryl methyl sites for hydroxylation is 1. The predicted octanol–water partition coefficient (Wildman–Crippen LogP) is 4.91. The van der Waals surface area contributed by atoms with Crippen molar-refractivity contribution in [3.8, 4) is 0 Å². The van der Waals surface area contributed by atoms with E-state index in [1.165, 1.54) is 0 Å². The third kappa shape index (κ3) is 6.90. The fourth-order valence-electron chi connectivity index (χ4n) is 3.13. The van der Waals surface area contributed by atoms with Crippen molar-refractivity contribution in [2.45, 2.75) is 65.6 Å². The van der Waals surface area contributed by atoms with Crippen molar-refractivity contribution in [3.05, 3.63) is 70.2 Å². The lowest BCUT2D eigenvalue weighted by molar-refractivity contribution is -0.141. The number of hydrogen-bond donors (Lipinski definition) is 1. The lowest BCUT2D eigenvalue weighted by Gasteiger charge is -2.31. The van der Waals surface area contributed by atoms with Crippen molar-refractivity contribution in [2.75, 3.05) is 0 Å². The fourth-order valence-corrected chi connectivity index (χ4v) is 3.26. The molecule has 5 heteroatoms. The maximum atomic E-state index is 13.2. The number of carbonyl (C=O) groups is 2. The average molecular weight is 415 g/mol. The van der Waals surface area contributed by atoms with Gasteiger partial charge in [0.15, 0.2) is 0 Å². The Labute approximate surface area is 179 Å². The number of nitrogens with zero attached hydrogens (tertiary/aromatic N) is 1. The molecule has 156 valence electrons. The molecular weight excluding hydrogens is 384 g/mol. The minimum Gasteiger partial charge on any atom is -0.352 e. The van der Waals surface area contributed by atoms with Gasteiger partial charge in [0.2, 0.25) is 11.8 Å². The second kappa shape index (κ2) is 11.0. The van der Waals surface area contributed by atoms with E-state index in [1.54, 1.807) is 17.0 Å². The molecular formula is C24H31ClN2O2. The Hall–Kier alpha value is -2.33. The van der Waals surface area contributed by atoms with E-state index in [4.69, 9.17) is 11.6 Å². The van der Waals surface area contributed by atoms with Gasteiger partial charge in [-0.15, -0.1) is 0 Å². The van der Waals surface area contributed by atoms with Gasteiger partial charge < -0.3 is 10.2 Å². The van der Waals surface area contributed by atoms with Crippen LogP contribution in [0.1, 0.15) is 50.3 Å². The summed E-state index contributed by atoms with van der Waals surface area (Å²) in [6.07, 6.45) is 1.63. The molecule has 2 rings (SSSR count). The number of rotatable bonds is 9. The Morgan fingerprint density at radius 3 is 2.10 bits per heavy atom. The van der Waals surface area contributed by atoms with Crippen LogP contribution in [0.2, 0.25) is 5.02 Å². The Bertz CT molecular complexity index is 803. The van der Waals surface area contributed by atoms with Crippen LogP contribution in [0, 0.1) is 6.92 Å². The van der Waals surface area contributed by atoms with Gasteiger partial charge >= 0.3 is 0 Å². The summed E-state index contributed by atoms with van der Waals surface area (Å²) in [7, 11) is 0. The summed E-state index contributed by atoms with van der Waals surface area (Å²) in [4.78, 5) is 27.9. The van der Waals surface area contributed by atoms with Gasteiger partial charge in [-0.1, -0.05) is 67.4 Å². The molecule has 0 heterocycles. The molecule has 2 amide bonds. The number of amides is 2. The van der Waals surface area contributed by atoms with E-state index in [0.717, 1.165) is 23.1 Å². The first-order valence-corrected chi connectivity index (χ1v) is 10.6. The molecule has 0 spiro atoms. The van der Waals surface area contributed by atoms with Crippen molar-refractivity contribution in [1.29, 1.82) is 0 Å². The van der Waals surface area contributed by atoms with Gasteiger partial charge in [0, 0.05) is 17.6 Å². The molecule has 1 N–H and O–H groups in total. The lowest BCUT2D eigenvalue weighted by Crippen LogP contribution is -2.51. The maximum Gasteiger partial charge on any atom is 0.243 e. The van der Waals surface area contributed by atoms with Crippen molar-refractivity contribution in [2.24, 2.45) is 0 Å². The third-order valence-electron chi connectivity index (χ3n) is 5.13. The summed E-state index contributed by atoms with van der Waals surface area (Å²) in [5.41, 5.74) is 3.05. The van der Waals surface area contributed by atoms with Crippen molar-refractivity contribution < 1.29 is 9.59 Å². The molecule has 0 saturated carbocycles. The van der Waals surface area contributed by atoms with E-state index >= 15 is 0 Å². The quantitative estimate of drug-likeness (QED) is 0.633. The molecule has 0 radical (unpaired) electrons. The molecule has 0 saturated heterocycles. The summed E-state index contributed by atoms with van der Waals surface area (Å²) in [5.74, 6) is -0.169. The van der Waals surface area contributed by atoms with E-state index in [1.807, 2.05) is 64.1 Å². The van der Waals surface area contributed by atoms with Crippen LogP contribution in [0.4, 0.5) is 0 Å². The molecule has 0 unspecified atom stereocenters. The monoisotopic (exact) mass is 414 g/mol. The normalized spacial score (nSPS) is 12.9. The topological polar surface area (TPSA) is 49.4 Å². The van der Waals surface area contributed by atoms with Crippen LogP contribution in [0.5, 0.6) is 0 Å². The minimum atomic E-state index is -0.509. The molecule has 29 heavy (non-hydrogen) atoms. The molecule has 0 aromatic heterocycles. The zero-order chi connectivity index (χ0) is 21.4. The summed E-state index contributed by atoms with van der Waals surface area (Å²) in [6, 6.07) is 14.9. The number of halogens is 1. The molecule has 4 nitrogen and oxygen atoms in total. The van der Waals surface area contributed by atoms with Gasteiger partial charge in [-0.3, -0.25) is 9.59 Å². The second-order valence-electron chi connectivity index (χ2n) is 7.55. The molecule has 2 atom stereocenters. The van der Waals surface area contributed by atoms with Crippen LogP contribution < -0.4 is 5.32 Å². The molecule has 2 aromatic rings. The fraction of sp³-hybridized carbons (Fsp3) is 0.417. The van der Waals surface area contributed by atoms with Crippen LogP contribution in [0.25, 0.3) is 0 Å². The average Bonchev–Trinajstić information content (AvgIpc) is 2.70. The highest BCUT2D eigenvalue weighted by Gasteiger charge is 2.29. The number of hydrogen-bond acceptors (Lipinski definition) is 2.